The van der Waals surface area contributed by atoms with Crippen LogP contribution in [0.2, 0.25) is 0 Å². The van der Waals surface area contributed by atoms with Gasteiger partial charge in [-0.05, 0) is 12.1 Å². The molecule has 14 heavy (non-hydrogen) atoms. The van der Waals surface area contributed by atoms with E-state index in [9.17, 15) is 0 Å². The molecule has 1 aromatic carbocycles. The van der Waals surface area contributed by atoms with Gasteiger partial charge in [0, 0.05) is 34.2 Å². The Morgan fingerprint density at radius 2 is 2.29 bits per heavy atom. The first-order chi connectivity index (χ1) is 6.74. The van der Waals surface area contributed by atoms with Crippen LogP contribution in [0.15, 0.2) is 28.9 Å². The van der Waals surface area contributed by atoms with E-state index in [1.807, 2.05) is 25.4 Å². The highest BCUT2D eigenvalue weighted by molar-refractivity contribution is 9.10. The molecule has 1 aromatic heterocycles. The predicted molar refractivity (Wildman–Crippen MR) is 59.6 cm³/mol. The standard InChI is InChI=1S/C10H11BrN2O/c1-13-5-7(6-14-12)10-8(11)3-2-4-9(10)13/h2-5H,6,12H2,1H3. The number of halogens is 1. The third-order valence-corrected chi connectivity index (χ3v) is 2.94. The van der Waals surface area contributed by atoms with Gasteiger partial charge in [-0.2, -0.15) is 0 Å². The van der Waals surface area contributed by atoms with Crippen molar-refractivity contribution in [3.05, 3.63) is 34.4 Å². The number of fused-ring (bicyclic) bond motifs is 1. The minimum Gasteiger partial charge on any atom is -0.350 e. The molecular weight excluding hydrogens is 244 g/mol. The maximum Gasteiger partial charge on any atom is 0.0951 e. The first kappa shape index (κ1) is 9.71. The molecule has 0 fully saturated rings. The van der Waals surface area contributed by atoms with Crippen molar-refractivity contribution in [2.45, 2.75) is 6.61 Å². The van der Waals surface area contributed by atoms with Gasteiger partial charge < -0.3 is 4.57 Å². The summed E-state index contributed by atoms with van der Waals surface area (Å²) < 4.78 is 3.14. The molecule has 0 radical (unpaired) electrons. The Morgan fingerprint density at radius 1 is 1.50 bits per heavy atom. The fourth-order valence-corrected chi connectivity index (χ4v) is 2.30. The van der Waals surface area contributed by atoms with Crippen molar-refractivity contribution in [1.29, 1.82) is 0 Å². The Hall–Kier alpha value is -0.840. The molecule has 0 aliphatic carbocycles. The van der Waals surface area contributed by atoms with E-state index in [1.165, 1.54) is 10.9 Å². The molecule has 0 spiro atoms. The van der Waals surface area contributed by atoms with Gasteiger partial charge in [-0.1, -0.05) is 22.0 Å². The van der Waals surface area contributed by atoms with Crippen LogP contribution in [0.4, 0.5) is 0 Å². The molecule has 0 bridgehead atoms. The van der Waals surface area contributed by atoms with E-state index in [4.69, 9.17) is 5.90 Å². The zero-order valence-corrected chi connectivity index (χ0v) is 9.41. The fourth-order valence-electron chi connectivity index (χ4n) is 1.69. The van der Waals surface area contributed by atoms with E-state index >= 15 is 0 Å². The third-order valence-electron chi connectivity index (χ3n) is 2.28. The van der Waals surface area contributed by atoms with Crippen molar-refractivity contribution < 1.29 is 4.84 Å². The van der Waals surface area contributed by atoms with Gasteiger partial charge >= 0.3 is 0 Å². The molecule has 0 unspecified atom stereocenters. The Balaban J connectivity index is 2.72. The summed E-state index contributed by atoms with van der Waals surface area (Å²) in [6.45, 7) is 0.431. The average Bonchev–Trinajstić information content (AvgIpc) is 2.46. The van der Waals surface area contributed by atoms with Crippen LogP contribution in [-0.2, 0) is 18.5 Å². The molecule has 0 atom stereocenters. The third kappa shape index (κ3) is 1.45. The highest BCUT2D eigenvalue weighted by Gasteiger charge is 2.08. The summed E-state index contributed by atoms with van der Waals surface area (Å²) >= 11 is 3.52. The molecule has 0 aliphatic heterocycles. The molecular formula is C10H11BrN2O. The lowest BCUT2D eigenvalue weighted by atomic mass is 10.2. The number of aryl methyl sites for hydroxylation is 1. The molecule has 0 aliphatic rings. The summed E-state index contributed by atoms with van der Waals surface area (Å²) in [6, 6.07) is 6.10. The van der Waals surface area contributed by atoms with Gasteiger partial charge in [-0.3, -0.25) is 4.84 Å². The molecule has 0 saturated carbocycles. The van der Waals surface area contributed by atoms with Gasteiger partial charge in [0.15, 0.2) is 0 Å². The smallest absolute Gasteiger partial charge is 0.0951 e. The lowest BCUT2D eigenvalue weighted by Gasteiger charge is -1.98. The molecule has 0 saturated heterocycles. The topological polar surface area (TPSA) is 40.2 Å². The van der Waals surface area contributed by atoms with E-state index in [-0.39, 0.29) is 0 Å². The van der Waals surface area contributed by atoms with Crippen LogP contribution in [-0.4, -0.2) is 4.57 Å². The largest absolute Gasteiger partial charge is 0.350 e. The summed E-state index contributed by atoms with van der Waals surface area (Å²) in [6.07, 6.45) is 2.03. The Kier molecular flexibility index (Phi) is 2.58. The molecule has 2 aromatic rings. The number of nitrogens with zero attached hydrogens (tertiary/aromatic N) is 1. The molecule has 4 heteroatoms. The van der Waals surface area contributed by atoms with Crippen LogP contribution in [0.25, 0.3) is 10.9 Å². The van der Waals surface area contributed by atoms with Crippen molar-refractivity contribution in [2.24, 2.45) is 12.9 Å². The highest BCUT2D eigenvalue weighted by Crippen LogP contribution is 2.28. The molecule has 3 nitrogen and oxygen atoms in total. The van der Waals surface area contributed by atoms with Crippen molar-refractivity contribution >= 4 is 26.8 Å². The van der Waals surface area contributed by atoms with E-state index in [1.54, 1.807) is 0 Å². The van der Waals surface area contributed by atoms with Crippen molar-refractivity contribution in [3.8, 4) is 0 Å². The average molecular weight is 255 g/mol. The van der Waals surface area contributed by atoms with Crippen LogP contribution in [0.1, 0.15) is 5.56 Å². The van der Waals surface area contributed by atoms with Crippen LogP contribution < -0.4 is 5.90 Å². The highest BCUT2D eigenvalue weighted by atomic mass is 79.9. The van der Waals surface area contributed by atoms with Crippen molar-refractivity contribution in [1.82, 2.24) is 4.57 Å². The number of hydrogen-bond acceptors (Lipinski definition) is 2. The van der Waals surface area contributed by atoms with Gasteiger partial charge in [0.25, 0.3) is 0 Å². The molecule has 74 valence electrons. The second-order valence-electron chi connectivity index (χ2n) is 3.21. The number of benzene rings is 1. The molecule has 2 rings (SSSR count). The fraction of sp³-hybridized carbons (Fsp3) is 0.200. The maximum atomic E-state index is 5.09. The number of nitrogens with two attached hydrogens (primary N) is 1. The first-order valence-corrected chi connectivity index (χ1v) is 5.07. The van der Waals surface area contributed by atoms with Crippen molar-refractivity contribution in [3.63, 3.8) is 0 Å². The SMILES string of the molecule is Cn1cc(CON)c2c(Br)cccc21. The zero-order valence-electron chi connectivity index (χ0n) is 7.83. The lowest BCUT2D eigenvalue weighted by molar-refractivity contribution is 0.125. The first-order valence-electron chi connectivity index (χ1n) is 4.28. The number of hydrogen-bond donors (Lipinski definition) is 1. The van der Waals surface area contributed by atoms with Gasteiger partial charge in [0.1, 0.15) is 0 Å². The second kappa shape index (κ2) is 3.73. The lowest BCUT2D eigenvalue weighted by Crippen LogP contribution is -1.98. The van der Waals surface area contributed by atoms with Crippen LogP contribution in [0.3, 0.4) is 0 Å². The van der Waals surface area contributed by atoms with Crippen molar-refractivity contribution in [2.75, 3.05) is 0 Å². The van der Waals surface area contributed by atoms with Gasteiger partial charge in [-0.15, -0.1) is 0 Å². The van der Waals surface area contributed by atoms with E-state index < -0.39 is 0 Å². The minimum absolute atomic E-state index is 0.431. The Labute approximate surface area is 90.5 Å². The van der Waals surface area contributed by atoms with E-state index in [2.05, 4.69) is 31.4 Å². The monoisotopic (exact) mass is 254 g/mol. The van der Waals surface area contributed by atoms with E-state index in [0.717, 1.165) is 10.0 Å². The summed E-state index contributed by atoms with van der Waals surface area (Å²) in [5.74, 6) is 5.09. The van der Waals surface area contributed by atoms with Gasteiger partial charge in [0.2, 0.25) is 0 Å². The van der Waals surface area contributed by atoms with Gasteiger partial charge in [0.05, 0.1) is 6.61 Å². The summed E-state index contributed by atoms with van der Waals surface area (Å²) in [4.78, 5) is 4.67. The molecule has 0 amide bonds. The maximum absolute atomic E-state index is 5.09. The Bertz CT molecular complexity index is 464. The normalized spacial score (nSPS) is 11.1. The molecule has 1 heterocycles. The minimum atomic E-state index is 0.431. The summed E-state index contributed by atoms with van der Waals surface area (Å²) in [7, 11) is 2.01. The number of rotatable bonds is 2. The van der Waals surface area contributed by atoms with Crippen LogP contribution in [0, 0.1) is 0 Å². The molecule has 2 N–H and O–H groups in total. The second-order valence-corrected chi connectivity index (χ2v) is 4.06. The quantitative estimate of drug-likeness (QED) is 0.836. The van der Waals surface area contributed by atoms with Crippen LogP contribution in [0.5, 0.6) is 0 Å². The van der Waals surface area contributed by atoms with Gasteiger partial charge in [-0.25, -0.2) is 5.90 Å². The van der Waals surface area contributed by atoms with Crippen LogP contribution >= 0.6 is 15.9 Å². The zero-order chi connectivity index (χ0) is 10.1. The van der Waals surface area contributed by atoms with E-state index in [0.29, 0.717) is 6.61 Å². The Morgan fingerprint density at radius 3 is 3.00 bits per heavy atom. The summed E-state index contributed by atoms with van der Waals surface area (Å²) in [5.41, 5.74) is 2.27. The predicted octanol–water partition coefficient (Wildman–Crippen LogP) is 2.33. The summed E-state index contributed by atoms with van der Waals surface area (Å²) in [5, 5.41) is 1.17. The number of aromatic nitrogens is 1.